The molecule has 0 amide bonds. The van der Waals surface area contributed by atoms with Gasteiger partial charge in [0, 0.05) is 20.2 Å². The molecule has 0 fully saturated rings. The third kappa shape index (κ3) is 7.16. The van der Waals surface area contributed by atoms with Gasteiger partial charge in [0.05, 0.1) is 6.61 Å². The molecule has 0 atom stereocenters. The summed E-state index contributed by atoms with van der Waals surface area (Å²) in [5.41, 5.74) is 2.55. The molecule has 0 radical (unpaired) electrons. The Hall–Kier alpha value is -0.810. The molecular formula is C10H24N4O. The van der Waals surface area contributed by atoms with Crippen LogP contribution in [0.2, 0.25) is 0 Å². The standard InChI is InChI=1S/C10H24N4O/c1-4-9(5-2)8-13-10(14-11)12-6-7-15-3/h9H,4-8,11H2,1-3H3,(H2,12,13,14). The second-order valence-corrected chi connectivity index (χ2v) is 3.44. The average Bonchev–Trinajstić information content (AvgIpc) is 2.28. The number of methoxy groups -OCH3 is 1. The van der Waals surface area contributed by atoms with Gasteiger partial charge in [-0.05, 0) is 5.92 Å². The van der Waals surface area contributed by atoms with Crippen molar-refractivity contribution in [1.82, 2.24) is 10.7 Å². The van der Waals surface area contributed by atoms with Gasteiger partial charge in [0.1, 0.15) is 0 Å². The summed E-state index contributed by atoms with van der Waals surface area (Å²) in [6.45, 7) is 6.52. The highest BCUT2D eigenvalue weighted by Crippen LogP contribution is 2.06. The van der Waals surface area contributed by atoms with Gasteiger partial charge in [-0.2, -0.15) is 0 Å². The third-order valence-corrected chi connectivity index (χ3v) is 2.40. The highest BCUT2D eigenvalue weighted by atomic mass is 16.5. The molecule has 0 rings (SSSR count). The van der Waals surface area contributed by atoms with Gasteiger partial charge in [0.2, 0.25) is 5.96 Å². The van der Waals surface area contributed by atoms with Crippen LogP contribution in [0.3, 0.4) is 0 Å². The van der Waals surface area contributed by atoms with Crippen LogP contribution in [0, 0.1) is 5.92 Å². The van der Waals surface area contributed by atoms with Crippen LogP contribution >= 0.6 is 0 Å². The summed E-state index contributed by atoms with van der Waals surface area (Å²) < 4.78 is 4.92. The number of nitrogens with two attached hydrogens (primary N) is 1. The molecule has 0 aliphatic rings. The lowest BCUT2D eigenvalue weighted by atomic mass is 10.0. The van der Waals surface area contributed by atoms with E-state index in [-0.39, 0.29) is 0 Å². The summed E-state index contributed by atoms with van der Waals surface area (Å²) in [5.74, 6) is 6.61. The van der Waals surface area contributed by atoms with E-state index in [0.717, 1.165) is 19.4 Å². The molecule has 0 aromatic heterocycles. The highest BCUT2D eigenvalue weighted by Gasteiger charge is 2.02. The lowest BCUT2D eigenvalue weighted by Gasteiger charge is -2.12. The molecule has 0 saturated heterocycles. The molecular weight excluding hydrogens is 192 g/mol. The molecule has 0 spiro atoms. The Bertz CT molecular complexity index is 169. The van der Waals surface area contributed by atoms with Crippen LogP contribution < -0.4 is 16.6 Å². The van der Waals surface area contributed by atoms with Crippen molar-refractivity contribution in [2.24, 2.45) is 16.8 Å². The van der Waals surface area contributed by atoms with Crippen molar-refractivity contribution in [3.05, 3.63) is 0 Å². The van der Waals surface area contributed by atoms with Gasteiger partial charge in [-0.3, -0.25) is 10.4 Å². The van der Waals surface area contributed by atoms with Gasteiger partial charge < -0.3 is 10.1 Å². The monoisotopic (exact) mass is 216 g/mol. The zero-order valence-corrected chi connectivity index (χ0v) is 10.0. The van der Waals surface area contributed by atoms with Crippen molar-refractivity contribution in [3.8, 4) is 0 Å². The summed E-state index contributed by atoms with van der Waals surface area (Å²) in [6, 6.07) is 0. The summed E-state index contributed by atoms with van der Waals surface area (Å²) >= 11 is 0. The second-order valence-electron chi connectivity index (χ2n) is 3.44. The maximum Gasteiger partial charge on any atom is 0.205 e. The second kappa shape index (κ2) is 9.73. The van der Waals surface area contributed by atoms with Crippen molar-refractivity contribution >= 4 is 5.96 Å². The fourth-order valence-electron chi connectivity index (χ4n) is 1.19. The van der Waals surface area contributed by atoms with Crippen LogP contribution in [0.4, 0.5) is 0 Å². The number of aliphatic imine (C=N–C) groups is 1. The van der Waals surface area contributed by atoms with Crippen molar-refractivity contribution in [2.75, 3.05) is 26.8 Å². The van der Waals surface area contributed by atoms with Gasteiger partial charge in [0.15, 0.2) is 0 Å². The van der Waals surface area contributed by atoms with E-state index in [9.17, 15) is 0 Å². The number of nitrogens with one attached hydrogen (secondary N) is 2. The van der Waals surface area contributed by atoms with Crippen LogP contribution in [-0.2, 0) is 4.74 Å². The first kappa shape index (κ1) is 14.2. The van der Waals surface area contributed by atoms with Gasteiger partial charge in [0.25, 0.3) is 0 Å². The summed E-state index contributed by atoms with van der Waals surface area (Å²) in [5, 5.41) is 3.06. The van der Waals surface area contributed by atoms with Crippen molar-refractivity contribution in [1.29, 1.82) is 0 Å². The number of nitrogens with zero attached hydrogens (tertiary/aromatic N) is 1. The molecule has 0 aromatic carbocycles. The maximum atomic E-state index is 5.34. The highest BCUT2D eigenvalue weighted by molar-refractivity contribution is 5.79. The van der Waals surface area contributed by atoms with Gasteiger partial charge >= 0.3 is 0 Å². The van der Waals surface area contributed by atoms with Crippen molar-refractivity contribution < 1.29 is 4.74 Å². The molecule has 0 heterocycles. The van der Waals surface area contributed by atoms with E-state index in [2.05, 4.69) is 29.6 Å². The van der Waals surface area contributed by atoms with E-state index in [0.29, 0.717) is 25.0 Å². The number of hydrogen-bond donors (Lipinski definition) is 3. The van der Waals surface area contributed by atoms with E-state index in [1.165, 1.54) is 0 Å². The third-order valence-electron chi connectivity index (χ3n) is 2.40. The quantitative estimate of drug-likeness (QED) is 0.190. The largest absolute Gasteiger partial charge is 0.383 e. The fraction of sp³-hybridized carbons (Fsp3) is 0.900. The SMILES string of the molecule is CCC(CC)CN=C(NN)NCCOC. The summed E-state index contributed by atoms with van der Waals surface area (Å²) in [6.07, 6.45) is 2.30. The minimum absolute atomic E-state index is 0.637. The fourth-order valence-corrected chi connectivity index (χ4v) is 1.19. The number of ether oxygens (including phenoxy) is 1. The zero-order valence-electron chi connectivity index (χ0n) is 10.0. The van der Waals surface area contributed by atoms with E-state index in [1.54, 1.807) is 7.11 Å². The van der Waals surface area contributed by atoms with Crippen LogP contribution in [0.1, 0.15) is 26.7 Å². The zero-order chi connectivity index (χ0) is 11.5. The smallest absolute Gasteiger partial charge is 0.205 e. The average molecular weight is 216 g/mol. The number of hydrazine groups is 1. The number of rotatable bonds is 7. The number of guanidine groups is 1. The topological polar surface area (TPSA) is 71.7 Å². The van der Waals surface area contributed by atoms with Gasteiger partial charge in [-0.1, -0.05) is 26.7 Å². The molecule has 0 unspecified atom stereocenters. The van der Waals surface area contributed by atoms with Gasteiger partial charge in [-0.25, -0.2) is 5.84 Å². The molecule has 0 aromatic rings. The Balaban J connectivity index is 3.86. The van der Waals surface area contributed by atoms with Crippen molar-refractivity contribution in [3.63, 3.8) is 0 Å². The Morgan fingerprint density at radius 3 is 2.53 bits per heavy atom. The predicted octanol–water partition coefficient (Wildman–Crippen LogP) is 0.478. The van der Waals surface area contributed by atoms with E-state index >= 15 is 0 Å². The Morgan fingerprint density at radius 2 is 2.07 bits per heavy atom. The summed E-state index contributed by atoms with van der Waals surface area (Å²) in [4.78, 5) is 4.37. The Labute approximate surface area is 92.4 Å². The first-order valence-electron chi connectivity index (χ1n) is 5.52. The normalized spacial score (nSPS) is 11.9. The lowest BCUT2D eigenvalue weighted by Crippen LogP contribution is -2.43. The molecule has 5 heteroatoms. The molecule has 0 aliphatic carbocycles. The van der Waals surface area contributed by atoms with E-state index in [1.807, 2.05) is 0 Å². The first-order chi connectivity index (χ1) is 7.28. The summed E-state index contributed by atoms with van der Waals surface area (Å²) in [7, 11) is 1.67. The van der Waals surface area contributed by atoms with Gasteiger partial charge in [-0.15, -0.1) is 0 Å². The molecule has 4 N–H and O–H groups in total. The van der Waals surface area contributed by atoms with Crippen LogP contribution in [-0.4, -0.2) is 32.8 Å². The minimum Gasteiger partial charge on any atom is -0.383 e. The first-order valence-corrected chi connectivity index (χ1v) is 5.52. The maximum absolute atomic E-state index is 5.34. The molecule has 5 nitrogen and oxygen atoms in total. The predicted molar refractivity (Wildman–Crippen MR) is 63.6 cm³/mol. The molecule has 0 aliphatic heterocycles. The van der Waals surface area contributed by atoms with E-state index in [4.69, 9.17) is 10.6 Å². The van der Waals surface area contributed by atoms with E-state index < -0.39 is 0 Å². The van der Waals surface area contributed by atoms with Crippen LogP contribution in [0.5, 0.6) is 0 Å². The molecule has 0 saturated carbocycles. The number of hydrogen-bond acceptors (Lipinski definition) is 3. The van der Waals surface area contributed by atoms with Crippen molar-refractivity contribution in [2.45, 2.75) is 26.7 Å². The van der Waals surface area contributed by atoms with Crippen LogP contribution in [0.25, 0.3) is 0 Å². The lowest BCUT2D eigenvalue weighted by molar-refractivity contribution is 0.203. The Morgan fingerprint density at radius 1 is 1.40 bits per heavy atom. The molecule has 0 bridgehead atoms. The molecule has 90 valence electrons. The Kier molecular flexibility index (Phi) is 9.21. The van der Waals surface area contributed by atoms with Crippen LogP contribution in [0.15, 0.2) is 4.99 Å². The minimum atomic E-state index is 0.637. The molecule has 15 heavy (non-hydrogen) atoms.